The van der Waals surface area contributed by atoms with E-state index in [1.54, 1.807) is 27.6 Å². The van der Waals surface area contributed by atoms with Crippen LogP contribution in [0.2, 0.25) is 0 Å². The molecule has 1 aliphatic heterocycles. The molecule has 0 radical (unpaired) electrons. The highest BCUT2D eigenvalue weighted by Crippen LogP contribution is 2.22. The van der Waals surface area contributed by atoms with Gasteiger partial charge in [0.25, 0.3) is 11.9 Å². The van der Waals surface area contributed by atoms with E-state index in [9.17, 15) is 14.7 Å². The summed E-state index contributed by atoms with van der Waals surface area (Å²) < 4.78 is 1.55. The number of anilines is 1. The van der Waals surface area contributed by atoms with Gasteiger partial charge in [-0.15, -0.1) is 5.10 Å². The van der Waals surface area contributed by atoms with Crippen LogP contribution >= 0.6 is 0 Å². The molecular formula is C22H25N5O4. The lowest BCUT2D eigenvalue weighted by Gasteiger charge is -2.29. The van der Waals surface area contributed by atoms with Crippen LogP contribution in [0.25, 0.3) is 16.9 Å². The van der Waals surface area contributed by atoms with Crippen molar-refractivity contribution in [2.24, 2.45) is 0 Å². The number of pyridine rings is 1. The number of benzene rings is 1. The van der Waals surface area contributed by atoms with Gasteiger partial charge in [-0.3, -0.25) is 10.1 Å². The molecule has 5 rings (SSSR count). The first-order valence-electron chi connectivity index (χ1n) is 10.4. The van der Waals surface area contributed by atoms with Crippen molar-refractivity contribution in [1.82, 2.24) is 19.5 Å². The molecule has 3 heterocycles. The van der Waals surface area contributed by atoms with Crippen molar-refractivity contribution in [1.29, 1.82) is 0 Å². The fourth-order valence-corrected chi connectivity index (χ4v) is 3.31. The summed E-state index contributed by atoms with van der Waals surface area (Å²) in [4.78, 5) is 29.3. The number of rotatable bonds is 3. The van der Waals surface area contributed by atoms with Gasteiger partial charge >= 0.3 is 6.09 Å². The van der Waals surface area contributed by atoms with Crippen molar-refractivity contribution in [2.45, 2.75) is 38.2 Å². The number of nitrogens with one attached hydrogen (secondary N) is 1. The Balaban J connectivity index is 0.000000710. The average molecular weight is 423 g/mol. The Morgan fingerprint density at radius 1 is 1.00 bits per heavy atom. The molecule has 9 nitrogen and oxygen atoms in total. The van der Waals surface area contributed by atoms with E-state index in [0.29, 0.717) is 37.1 Å². The Bertz CT molecular complexity index is 1070. The number of carboxylic acid groups (broad SMARTS) is 1. The summed E-state index contributed by atoms with van der Waals surface area (Å²) in [5.41, 5.74) is 2.64. The zero-order chi connectivity index (χ0) is 21.8. The number of hydrogen-bond donors (Lipinski definition) is 3. The normalized spacial score (nSPS) is 15.8. The lowest BCUT2D eigenvalue weighted by molar-refractivity contribution is 0.0546. The van der Waals surface area contributed by atoms with Crippen LogP contribution in [0.1, 0.15) is 42.5 Å². The third kappa shape index (κ3) is 5.18. The van der Waals surface area contributed by atoms with Crippen LogP contribution in [0.3, 0.4) is 0 Å². The Labute approximate surface area is 179 Å². The molecule has 1 saturated carbocycles. The molecule has 1 aliphatic carbocycles. The van der Waals surface area contributed by atoms with Crippen molar-refractivity contribution >= 4 is 23.6 Å². The minimum absolute atomic E-state index is 0.000894. The minimum atomic E-state index is -1.23. The molecule has 2 fully saturated rings. The average Bonchev–Trinajstić information content (AvgIpc) is 3.60. The van der Waals surface area contributed by atoms with E-state index in [2.05, 4.69) is 15.4 Å². The summed E-state index contributed by atoms with van der Waals surface area (Å²) in [6.07, 6.45) is 4.15. The van der Waals surface area contributed by atoms with Crippen molar-refractivity contribution in [3.8, 4) is 11.3 Å². The van der Waals surface area contributed by atoms with Gasteiger partial charge in [0.2, 0.25) is 0 Å². The standard InChI is InChI=1S/C19H19N5O4.C3H6/c25-14-8-10-23(11-9-14)17(26)13-6-4-12(5-7-13)15-2-1-3-16-20-18(21-19(27)28)22-24(15)16;1-2-3-1/h1-7,14,25H,8-11H2,(H,21,22)(H,27,28);1-3H2. The Kier molecular flexibility index (Phi) is 6.13. The van der Waals surface area contributed by atoms with Gasteiger partial charge in [0.15, 0.2) is 5.65 Å². The number of likely N-dealkylation sites (tertiary alicyclic amines) is 1. The molecule has 2 aliphatic rings. The summed E-state index contributed by atoms with van der Waals surface area (Å²) in [5.74, 6) is -0.0515. The fraction of sp³-hybridized carbons (Fsp3) is 0.364. The number of amides is 2. The number of carbonyl (C=O) groups is 2. The topological polar surface area (TPSA) is 120 Å². The molecule has 3 aromatic rings. The molecule has 31 heavy (non-hydrogen) atoms. The van der Waals surface area contributed by atoms with E-state index >= 15 is 0 Å². The second-order valence-corrected chi connectivity index (χ2v) is 7.71. The van der Waals surface area contributed by atoms with Crippen molar-refractivity contribution in [3.63, 3.8) is 0 Å². The Hall–Kier alpha value is -3.46. The van der Waals surface area contributed by atoms with Gasteiger partial charge in [-0.1, -0.05) is 37.5 Å². The highest BCUT2D eigenvalue weighted by Gasteiger charge is 2.22. The summed E-state index contributed by atoms with van der Waals surface area (Å²) >= 11 is 0. The van der Waals surface area contributed by atoms with Crippen LogP contribution in [0.15, 0.2) is 42.5 Å². The van der Waals surface area contributed by atoms with Gasteiger partial charge in [0, 0.05) is 24.2 Å². The quantitative estimate of drug-likeness (QED) is 0.595. The predicted molar refractivity (Wildman–Crippen MR) is 115 cm³/mol. The van der Waals surface area contributed by atoms with Gasteiger partial charge in [-0.25, -0.2) is 9.31 Å². The van der Waals surface area contributed by atoms with Crippen molar-refractivity contribution in [3.05, 3.63) is 48.0 Å². The predicted octanol–water partition coefficient (Wildman–Crippen LogP) is 3.25. The highest BCUT2D eigenvalue weighted by atomic mass is 16.4. The van der Waals surface area contributed by atoms with Crippen LogP contribution in [-0.4, -0.2) is 60.9 Å². The molecule has 0 unspecified atom stereocenters. The second-order valence-electron chi connectivity index (χ2n) is 7.71. The summed E-state index contributed by atoms with van der Waals surface area (Å²) in [6.45, 7) is 1.11. The summed E-state index contributed by atoms with van der Waals surface area (Å²) in [6, 6.07) is 12.5. The largest absolute Gasteiger partial charge is 0.465 e. The van der Waals surface area contributed by atoms with E-state index in [-0.39, 0.29) is 18.0 Å². The molecule has 1 saturated heterocycles. The molecule has 2 amide bonds. The van der Waals surface area contributed by atoms with Crippen molar-refractivity contribution < 1.29 is 19.8 Å². The third-order valence-corrected chi connectivity index (χ3v) is 5.11. The SMILES string of the molecule is C1CC1.O=C(O)Nc1nc2cccc(-c3ccc(C(=O)N4CCC(O)CC4)cc3)n2n1. The monoisotopic (exact) mass is 423 g/mol. The number of aromatic nitrogens is 3. The van der Waals surface area contributed by atoms with Crippen LogP contribution in [0.4, 0.5) is 10.7 Å². The molecule has 0 spiro atoms. The third-order valence-electron chi connectivity index (χ3n) is 5.11. The lowest BCUT2D eigenvalue weighted by Crippen LogP contribution is -2.40. The van der Waals surface area contributed by atoms with E-state index in [1.165, 1.54) is 19.3 Å². The van der Waals surface area contributed by atoms with Crippen LogP contribution in [0.5, 0.6) is 0 Å². The summed E-state index contributed by atoms with van der Waals surface area (Å²) in [7, 11) is 0. The molecule has 0 bridgehead atoms. The zero-order valence-corrected chi connectivity index (χ0v) is 17.1. The van der Waals surface area contributed by atoms with Crippen LogP contribution in [-0.2, 0) is 0 Å². The van der Waals surface area contributed by atoms with Gasteiger partial charge in [-0.05, 0) is 37.1 Å². The first-order valence-corrected chi connectivity index (χ1v) is 10.4. The van der Waals surface area contributed by atoms with E-state index in [1.807, 2.05) is 24.3 Å². The number of aliphatic hydroxyl groups excluding tert-OH is 1. The first-order chi connectivity index (χ1) is 15.0. The highest BCUT2D eigenvalue weighted by molar-refractivity contribution is 5.94. The van der Waals surface area contributed by atoms with Gasteiger partial charge in [0.05, 0.1) is 11.8 Å². The van der Waals surface area contributed by atoms with Crippen LogP contribution in [0, 0.1) is 0 Å². The maximum atomic E-state index is 12.6. The second kappa shape index (κ2) is 9.13. The van der Waals surface area contributed by atoms with E-state index < -0.39 is 6.09 Å². The van der Waals surface area contributed by atoms with E-state index in [4.69, 9.17) is 5.11 Å². The molecule has 9 heteroatoms. The number of carbonyl (C=O) groups excluding carboxylic acids is 1. The number of hydrogen-bond acceptors (Lipinski definition) is 5. The maximum Gasteiger partial charge on any atom is 0.411 e. The zero-order valence-electron chi connectivity index (χ0n) is 17.1. The molecule has 1 aromatic carbocycles. The van der Waals surface area contributed by atoms with Gasteiger partial charge in [-0.2, -0.15) is 4.98 Å². The lowest BCUT2D eigenvalue weighted by atomic mass is 10.0. The van der Waals surface area contributed by atoms with E-state index in [0.717, 1.165) is 11.3 Å². The number of nitrogens with zero attached hydrogens (tertiary/aromatic N) is 4. The smallest absolute Gasteiger partial charge is 0.411 e. The minimum Gasteiger partial charge on any atom is -0.465 e. The first kappa shape index (κ1) is 20.8. The number of piperidine rings is 1. The molecule has 0 atom stereocenters. The number of fused-ring (bicyclic) bond motifs is 1. The fourth-order valence-electron chi connectivity index (χ4n) is 3.31. The Morgan fingerprint density at radius 3 is 2.29 bits per heavy atom. The maximum absolute atomic E-state index is 12.6. The van der Waals surface area contributed by atoms with Crippen molar-refractivity contribution in [2.75, 3.05) is 18.4 Å². The molecule has 3 N–H and O–H groups in total. The van der Waals surface area contributed by atoms with Crippen LogP contribution < -0.4 is 5.32 Å². The van der Waals surface area contributed by atoms with Gasteiger partial charge < -0.3 is 15.1 Å². The molecule has 162 valence electrons. The molecule has 2 aromatic heterocycles. The summed E-state index contributed by atoms with van der Waals surface area (Å²) in [5, 5.41) is 24.7. The van der Waals surface area contributed by atoms with Gasteiger partial charge in [0.1, 0.15) is 0 Å². The molecular weight excluding hydrogens is 398 g/mol. The Morgan fingerprint density at radius 2 is 1.68 bits per heavy atom. The number of aliphatic hydroxyl groups is 1.